The molecule has 0 amide bonds. The minimum atomic E-state index is 0.241. The van der Waals surface area contributed by atoms with Gasteiger partial charge in [0.25, 0.3) is 0 Å². The van der Waals surface area contributed by atoms with Crippen molar-refractivity contribution in [3.63, 3.8) is 0 Å². The highest BCUT2D eigenvalue weighted by atomic mass is 14.8. The summed E-state index contributed by atoms with van der Waals surface area (Å²) in [7, 11) is 0. The molecule has 0 aliphatic heterocycles. The molecule has 1 heteroatoms. The Morgan fingerprint density at radius 3 is 2.36 bits per heavy atom. The van der Waals surface area contributed by atoms with Gasteiger partial charge in [0.1, 0.15) is 0 Å². The van der Waals surface area contributed by atoms with Gasteiger partial charge < -0.3 is 5.73 Å². The van der Waals surface area contributed by atoms with E-state index in [2.05, 4.69) is 6.92 Å². The Kier molecular flexibility index (Phi) is 3.16. The van der Waals surface area contributed by atoms with E-state index in [-0.39, 0.29) is 5.54 Å². The molecule has 2 N–H and O–H groups in total. The first-order valence-corrected chi connectivity index (χ1v) is 6.52. The molecule has 0 bridgehead atoms. The third-order valence-electron chi connectivity index (χ3n) is 4.43. The fourth-order valence-corrected chi connectivity index (χ4v) is 3.71. The van der Waals surface area contributed by atoms with Crippen LogP contribution in [0.1, 0.15) is 64.7 Å². The molecule has 2 aliphatic carbocycles. The van der Waals surface area contributed by atoms with Crippen molar-refractivity contribution < 1.29 is 0 Å². The number of nitrogens with two attached hydrogens (primary N) is 1. The molecule has 0 radical (unpaired) electrons. The van der Waals surface area contributed by atoms with Crippen molar-refractivity contribution in [3.05, 3.63) is 0 Å². The fraction of sp³-hybridized carbons (Fsp3) is 1.00. The summed E-state index contributed by atoms with van der Waals surface area (Å²) in [5.41, 5.74) is 6.73. The molecule has 2 fully saturated rings. The number of hydrogen-bond donors (Lipinski definition) is 1. The van der Waals surface area contributed by atoms with Crippen LogP contribution >= 0.6 is 0 Å². The molecule has 0 spiro atoms. The van der Waals surface area contributed by atoms with Gasteiger partial charge in [-0.2, -0.15) is 0 Å². The standard InChI is InChI=1S/C13H25N/c1-2-3-4-8-13(14)9-11-6-5-7-12(11)10-13/h11-12H,2-10,14H2,1H3/t11-,12+,13?. The molecule has 1 nitrogen and oxygen atoms in total. The predicted molar refractivity (Wildman–Crippen MR) is 61.1 cm³/mol. The Labute approximate surface area is 88.4 Å². The van der Waals surface area contributed by atoms with Crippen molar-refractivity contribution in [1.82, 2.24) is 0 Å². The number of rotatable bonds is 4. The van der Waals surface area contributed by atoms with Crippen LogP contribution in [-0.2, 0) is 0 Å². The average molecular weight is 195 g/mol. The Balaban J connectivity index is 1.80. The zero-order valence-corrected chi connectivity index (χ0v) is 9.60. The molecule has 0 heterocycles. The fourth-order valence-electron chi connectivity index (χ4n) is 3.71. The number of hydrogen-bond acceptors (Lipinski definition) is 1. The zero-order valence-electron chi connectivity index (χ0n) is 9.60. The smallest absolute Gasteiger partial charge is 0.0159 e. The van der Waals surface area contributed by atoms with Crippen molar-refractivity contribution in [3.8, 4) is 0 Å². The first-order chi connectivity index (χ1) is 6.73. The van der Waals surface area contributed by atoms with Gasteiger partial charge in [0.05, 0.1) is 0 Å². The van der Waals surface area contributed by atoms with E-state index in [1.165, 1.54) is 57.8 Å². The van der Waals surface area contributed by atoms with E-state index in [9.17, 15) is 0 Å². The summed E-state index contributed by atoms with van der Waals surface area (Å²) < 4.78 is 0. The SMILES string of the molecule is CCCCCC1(N)C[C@H]2CCC[C@H]2C1. The maximum atomic E-state index is 6.49. The quantitative estimate of drug-likeness (QED) is 0.683. The summed E-state index contributed by atoms with van der Waals surface area (Å²) in [4.78, 5) is 0. The second-order valence-electron chi connectivity index (χ2n) is 5.68. The first kappa shape index (κ1) is 10.5. The Hall–Kier alpha value is -0.0400. The topological polar surface area (TPSA) is 26.0 Å². The lowest BCUT2D eigenvalue weighted by atomic mass is 9.89. The Morgan fingerprint density at radius 2 is 1.79 bits per heavy atom. The maximum Gasteiger partial charge on any atom is 0.0159 e. The highest BCUT2D eigenvalue weighted by molar-refractivity contribution is 4.99. The maximum absolute atomic E-state index is 6.49. The number of unbranched alkanes of at least 4 members (excludes halogenated alkanes) is 2. The third kappa shape index (κ3) is 2.13. The van der Waals surface area contributed by atoms with Gasteiger partial charge in [0, 0.05) is 5.54 Å². The van der Waals surface area contributed by atoms with Crippen LogP contribution in [0, 0.1) is 11.8 Å². The summed E-state index contributed by atoms with van der Waals surface area (Å²) in [5.74, 6) is 2.00. The monoisotopic (exact) mass is 195 g/mol. The molecule has 14 heavy (non-hydrogen) atoms. The van der Waals surface area contributed by atoms with Crippen molar-refractivity contribution in [2.45, 2.75) is 70.3 Å². The molecule has 2 aliphatic rings. The lowest BCUT2D eigenvalue weighted by Gasteiger charge is -2.25. The molecule has 2 rings (SSSR count). The predicted octanol–water partition coefficient (Wildman–Crippen LogP) is 3.47. The van der Waals surface area contributed by atoms with Crippen LogP contribution in [0.5, 0.6) is 0 Å². The summed E-state index contributed by atoms with van der Waals surface area (Å²) in [5, 5.41) is 0. The molecular formula is C13H25N. The van der Waals surface area contributed by atoms with Crippen molar-refractivity contribution in [2.75, 3.05) is 0 Å². The summed E-state index contributed by atoms with van der Waals surface area (Å²) in [6.45, 7) is 2.27. The molecule has 2 saturated carbocycles. The molecule has 0 aromatic rings. The van der Waals surface area contributed by atoms with E-state index >= 15 is 0 Å². The molecule has 0 aromatic carbocycles. The summed E-state index contributed by atoms with van der Waals surface area (Å²) in [6.07, 6.45) is 12.4. The average Bonchev–Trinajstić information content (AvgIpc) is 2.62. The largest absolute Gasteiger partial charge is 0.325 e. The Bertz CT molecular complexity index is 176. The molecule has 0 aromatic heterocycles. The second kappa shape index (κ2) is 4.22. The zero-order chi connectivity index (χ0) is 10.0. The second-order valence-corrected chi connectivity index (χ2v) is 5.68. The van der Waals surface area contributed by atoms with E-state index in [1.807, 2.05) is 0 Å². The van der Waals surface area contributed by atoms with Gasteiger partial charge in [-0.15, -0.1) is 0 Å². The highest BCUT2D eigenvalue weighted by Gasteiger charge is 2.43. The van der Waals surface area contributed by atoms with Crippen LogP contribution in [0.25, 0.3) is 0 Å². The van der Waals surface area contributed by atoms with Crippen LogP contribution in [0.4, 0.5) is 0 Å². The van der Waals surface area contributed by atoms with Gasteiger partial charge in [-0.05, 0) is 31.1 Å². The van der Waals surface area contributed by atoms with Crippen LogP contribution in [0.15, 0.2) is 0 Å². The van der Waals surface area contributed by atoms with E-state index in [0.717, 1.165) is 11.8 Å². The van der Waals surface area contributed by atoms with Gasteiger partial charge in [-0.25, -0.2) is 0 Å². The molecule has 82 valence electrons. The summed E-state index contributed by atoms with van der Waals surface area (Å²) in [6, 6.07) is 0. The van der Waals surface area contributed by atoms with Crippen molar-refractivity contribution in [1.29, 1.82) is 0 Å². The van der Waals surface area contributed by atoms with E-state index in [0.29, 0.717) is 0 Å². The lowest BCUT2D eigenvalue weighted by Crippen LogP contribution is -2.37. The number of fused-ring (bicyclic) bond motifs is 1. The van der Waals surface area contributed by atoms with Gasteiger partial charge >= 0.3 is 0 Å². The lowest BCUT2D eigenvalue weighted by molar-refractivity contribution is 0.358. The molecule has 0 saturated heterocycles. The van der Waals surface area contributed by atoms with Gasteiger partial charge in [-0.1, -0.05) is 45.4 Å². The Morgan fingerprint density at radius 1 is 1.14 bits per heavy atom. The van der Waals surface area contributed by atoms with Gasteiger partial charge in [0.2, 0.25) is 0 Å². The van der Waals surface area contributed by atoms with Crippen LogP contribution < -0.4 is 5.73 Å². The minimum absolute atomic E-state index is 0.241. The molecular weight excluding hydrogens is 170 g/mol. The van der Waals surface area contributed by atoms with Crippen LogP contribution in [0.3, 0.4) is 0 Å². The highest BCUT2D eigenvalue weighted by Crippen LogP contribution is 2.49. The summed E-state index contributed by atoms with van der Waals surface area (Å²) >= 11 is 0. The van der Waals surface area contributed by atoms with Crippen LogP contribution in [-0.4, -0.2) is 5.54 Å². The van der Waals surface area contributed by atoms with E-state index < -0.39 is 0 Å². The van der Waals surface area contributed by atoms with Crippen molar-refractivity contribution >= 4 is 0 Å². The van der Waals surface area contributed by atoms with Gasteiger partial charge in [-0.3, -0.25) is 0 Å². The van der Waals surface area contributed by atoms with Crippen LogP contribution in [0.2, 0.25) is 0 Å². The normalized spacial score (nSPS) is 41.6. The van der Waals surface area contributed by atoms with E-state index in [4.69, 9.17) is 5.73 Å². The van der Waals surface area contributed by atoms with Gasteiger partial charge in [0.15, 0.2) is 0 Å². The van der Waals surface area contributed by atoms with E-state index in [1.54, 1.807) is 0 Å². The first-order valence-electron chi connectivity index (χ1n) is 6.52. The third-order valence-corrected chi connectivity index (χ3v) is 4.43. The minimum Gasteiger partial charge on any atom is -0.325 e. The van der Waals surface area contributed by atoms with Crippen molar-refractivity contribution in [2.24, 2.45) is 17.6 Å². The molecule has 3 atom stereocenters. The molecule has 1 unspecified atom stereocenters.